The molecule has 0 unspecified atom stereocenters. The van der Waals surface area contributed by atoms with Crippen molar-refractivity contribution in [3.05, 3.63) is 64.2 Å². The van der Waals surface area contributed by atoms with Gasteiger partial charge in [-0.05, 0) is 30.3 Å². The monoisotopic (exact) mass is 331 g/mol. The number of imide groups is 1. The lowest BCUT2D eigenvalue weighted by atomic mass is 10.1. The zero-order valence-corrected chi connectivity index (χ0v) is 12.7. The molecule has 3 rings (SSSR count). The normalized spacial score (nSPS) is 13.0. The van der Waals surface area contributed by atoms with E-state index in [-0.39, 0.29) is 21.7 Å². The van der Waals surface area contributed by atoms with Gasteiger partial charge in [-0.15, -0.1) is 0 Å². The summed E-state index contributed by atoms with van der Waals surface area (Å²) in [5, 5.41) is 0.662. The Morgan fingerprint density at radius 3 is 2.17 bits per heavy atom. The number of fused-ring (bicyclic) bond motifs is 1. The van der Waals surface area contributed by atoms with Crippen LogP contribution in [0.25, 0.3) is 0 Å². The molecule has 116 valence electrons. The van der Waals surface area contributed by atoms with Gasteiger partial charge in [-0.25, -0.2) is 4.79 Å². The van der Waals surface area contributed by atoms with Gasteiger partial charge in [-0.3, -0.25) is 9.59 Å². The highest BCUT2D eigenvalue weighted by molar-refractivity contribution is 6.32. The van der Waals surface area contributed by atoms with Crippen LogP contribution in [-0.2, 0) is 4.84 Å². The molecule has 7 heteroatoms. The summed E-state index contributed by atoms with van der Waals surface area (Å²) in [5.41, 5.74) is 0.475. The van der Waals surface area contributed by atoms with Crippen molar-refractivity contribution in [2.45, 2.75) is 0 Å². The van der Waals surface area contributed by atoms with Gasteiger partial charge >= 0.3 is 5.97 Å². The topological polar surface area (TPSA) is 72.9 Å². The van der Waals surface area contributed by atoms with Crippen LogP contribution in [0.4, 0.5) is 0 Å². The average molecular weight is 332 g/mol. The molecule has 23 heavy (non-hydrogen) atoms. The van der Waals surface area contributed by atoms with Gasteiger partial charge in [0.1, 0.15) is 5.75 Å². The van der Waals surface area contributed by atoms with Gasteiger partial charge in [0, 0.05) is 0 Å². The first-order valence-corrected chi connectivity index (χ1v) is 6.94. The van der Waals surface area contributed by atoms with Crippen LogP contribution in [0.1, 0.15) is 31.1 Å². The maximum absolute atomic E-state index is 12.1. The third-order valence-corrected chi connectivity index (χ3v) is 3.61. The molecule has 0 saturated heterocycles. The van der Waals surface area contributed by atoms with E-state index in [2.05, 4.69) is 0 Å². The summed E-state index contributed by atoms with van der Waals surface area (Å²) in [6.45, 7) is 0. The number of benzene rings is 2. The molecule has 1 heterocycles. The Bertz CT molecular complexity index is 798. The number of carbonyl (C=O) groups excluding carboxylic acids is 3. The second kappa shape index (κ2) is 5.73. The zero-order valence-electron chi connectivity index (χ0n) is 11.9. The predicted molar refractivity (Wildman–Crippen MR) is 80.4 cm³/mol. The number of carbonyl (C=O) groups is 3. The number of nitrogens with zero attached hydrogens (tertiary/aromatic N) is 1. The number of methoxy groups -OCH3 is 1. The van der Waals surface area contributed by atoms with E-state index >= 15 is 0 Å². The van der Waals surface area contributed by atoms with Crippen molar-refractivity contribution in [3.63, 3.8) is 0 Å². The average Bonchev–Trinajstić information content (AvgIpc) is 2.80. The summed E-state index contributed by atoms with van der Waals surface area (Å²) in [4.78, 5) is 41.3. The Kier molecular flexibility index (Phi) is 3.75. The molecule has 0 N–H and O–H groups in total. The van der Waals surface area contributed by atoms with Gasteiger partial charge in [-0.1, -0.05) is 28.8 Å². The Hall–Kier alpha value is -2.86. The Morgan fingerprint density at radius 1 is 1.04 bits per heavy atom. The van der Waals surface area contributed by atoms with Crippen LogP contribution in [0, 0.1) is 0 Å². The van der Waals surface area contributed by atoms with Crippen molar-refractivity contribution in [2.24, 2.45) is 0 Å². The molecule has 1 aliphatic rings. The van der Waals surface area contributed by atoms with E-state index in [1.165, 1.54) is 37.4 Å². The number of ether oxygens (including phenoxy) is 1. The molecular weight excluding hydrogens is 322 g/mol. The summed E-state index contributed by atoms with van der Waals surface area (Å²) in [7, 11) is 1.44. The minimum atomic E-state index is -0.871. The zero-order chi connectivity index (χ0) is 16.6. The van der Waals surface area contributed by atoms with Crippen LogP contribution in [0.5, 0.6) is 5.75 Å². The number of hydrogen-bond donors (Lipinski definition) is 0. The molecule has 2 amide bonds. The third-order valence-electron chi connectivity index (χ3n) is 3.32. The fourth-order valence-corrected chi connectivity index (χ4v) is 2.44. The SMILES string of the molecule is COc1ccc(C(=O)ON2C(=O)c3ccccc3C2=O)cc1Cl. The summed E-state index contributed by atoms with van der Waals surface area (Å²) < 4.78 is 4.99. The van der Waals surface area contributed by atoms with Crippen LogP contribution in [0.2, 0.25) is 5.02 Å². The fourth-order valence-electron chi connectivity index (χ4n) is 2.18. The number of rotatable bonds is 3. The van der Waals surface area contributed by atoms with E-state index in [0.717, 1.165) is 0 Å². The number of hydrogen-bond acceptors (Lipinski definition) is 5. The maximum Gasteiger partial charge on any atom is 0.364 e. The first-order chi connectivity index (χ1) is 11.0. The lowest BCUT2D eigenvalue weighted by Gasteiger charge is -2.13. The van der Waals surface area contributed by atoms with Crippen molar-refractivity contribution >= 4 is 29.4 Å². The van der Waals surface area contributed by atoms with Crippen molar-refractivity contribution in [1.29, 1.82) is 0 Å². The molecule has 0 radical (unpaired) electrons. The molecule has 0 bridgehead atoms. The van der Waals surface area contributed by atoms with Crippen molar-refractivity contribution in [3.8, 4) is 5.75 Å². The molecule has 2 aromatic rings. The van der Waals surface area contributed by atoms with Gasteiger partial charge in [0.25, 0.3) is 11.8 Å². The molecule has 0 atom stereocenters. The van der Waals surface area contributed by atoms with E-state index < -0.39 is 17.8 Å². The number of hydroxylamine groups is 2. The maximum atomic E-state index is 12.1. The van der Waals surface area contributed by atoms with Crippen molar-refractivity contribution in [1.82, 2.24) is 5.06 Å². The smallest absolute Gasteiger partial charge is 0.364 e. The summed E-state index contributed by atoms with van der Waals surface area (Å²) in [5.74, 6) is -1.84. The first-order valence-electron chi connectivity index (χ1n) is 6.56. The van der Waals surface area contributed by atoms with Gasteiger partial charge in [0.15, 0.2) is 0 Å². The second-order valence-electron chi connectivity index (χ2n) is 4.68. The number of amides is 2. The van der Waals surface area contributed by atoms with E-state index in [1.807, 2.05) is 0 Å². The standard InChI is InChI=1S/C16H10ClNO5/c1-22-13-7-6-9(8-12(13)17)16(21)23-18-14(19)10-4-2-3-5-11(10)15(18)20/h2-8H,1H3. The second-order valence-corrected chi connectivity index (χ2v) is 5.09. The van der Waals surface area contributed by atoms with E-state index in [9.17, 15) is 14.4 Å². The van der Waals surface area contributed by atoms with Crippen LogP contribution >= 0.6 is 11.6 Å². The quantitative estimate of drug-likeness (QED) is 0.808. The molecule has 6 nitrogen and oxygen atoms in total. The largest absolute Gasteiger partial charge is 0.495 e. The molecule has 0 fully saturated rings. The third kappa shape index (κ3) is 2.53. The fraction of sp³-hybridized carbons (Fsp3) is 0.0625. The lowest BCUT2D eigenvalue weighted by Crippen LogP contribution is -2.32. The van der Waals surface area contributed by atoms with E-state index in [0.29, 0.717) is 10.8 Å². The van der Waals surface area contributed by atoms with Gasteiger partial charge in [-0.2, -0.15) is 0 Å². The molecule has 0 spiro atoms. The molecule has 0 aliphatic carbocycles. The van der Waals surface area contributed by atoms with Crippen LogP contribution < -0.4 is 4.74 Å². The highest BCUT2D eigenvalue weighted by atomic mass is 35.5. The summed E-state index contributed by atoms with van der Waals surface area (Å²) in [6.07, 6.45) is 0. The van der Waals surface area contributed by atoms with Gasteiger partial charge < -0.3 is 9.57 Å². The Morgan fingerprint density at radius 2 is 1.65 bits per heavy atom. The Balaban J connectivity index is 1.83. The Labute approximate surface area is 136 Å². The lowest BCUT2D eigenvalue weighted by molar-refractivity contribution is -0.0584. The highest BCUT2D eigenvalue weighted by Gasteiger charge is 2.38. The van der Waals surface area contributed by atoms with Crippen molar-refractivity contribution in [2.75, 3.05) is 7.11 Å². The highest BCUT2D eigenvalue weighted by Crippen LogP contribution is 2.27. The van der Waals surface area contributed by atoms with Crippen LogP contribution in [0.3, 0.4) is 0 Å². The number of halogens is 1. The molecule has 0 saturated carbocycles. The molecule has 0 aromatic heterocycles. The van der Waals surface area contributed by atoms with Crippen molar-refractivity contribution < 1.29 is 24.0 Å². The minimum Gasteiger partial charge on any atom is -0.495 e. The predicted octanol–water partition coefficient (Wildman–Crippen LogP) is 2.72. The minimum absolute atomic E-state index is 0.0901. The first kappa shape index (κ1) is 15.1. The molecule has 1 aliphatic heterocycles. The van der Waals surface area contributed by atoms with Gasteiger partial charge in [0.05, 0.1) is 28.8 Å². The van der Waals surface area contributed by atoms with Gasteiger partial charge in [0.2, 0.25) is 0 Å². The molecule has 2 aromatic carbocycles. The van der Waals surface area contributed by atoms with Crippen LogP contribution in [0.15, 0.2) is 42.5 Å². The van der Waals surface area contributed by atoms with E-state index in [4.69, 9.17) is 21.2 Å². The molecular formula is C16H10ClNO5. The van der Waals surface area contributed by atoms with E-state index in [1.54, 1.807) is 12.1 Å². The summed E-state index contributed by atoms with van der Waals surface area (Å²) >= 11 is 5.94. The summed E-state index contributed by atoms with van der Waals surface area (Å²) in [6, 6.07) is 10.5. The van der Waals surface area contributed by atoms with Crippen LogP contribution in [-0.4, -0.2) is 30.0 Å².